The zero-order chi connectivity index (χ0) is 17.4. The Morgan fingerprint density at radius 1 is 1.28 bits per heavy atom. The van der Waals surface area contributed by atoms with Crippen LogP contribution in [0.5, 0.6) is 0 Å². The third kappa shape index (κ3) is 2.90. The maximum Gasteiger partial charge on any atom is 0.193 e. The number of likely N-dealkylation sites (N-methyl/N-ethyl adjacent to an activating group) is 1. The molecule has 128 valence electrons. The number of carbonyl (C=O) groups excluding carboxylic acids is 1. The Kier molecular flexibility index (Phi) is 4.19. The van der Waals surface area contributed by atoms with E-state index >= 15 is 0 Å². The highest BCUT2D eigenvalue weighted by Crippen LogP contribution is 2.31. The van der Waals surface area contributed by atoms with Crippen molar-refractivity contribution in [1.82, 2.24) is 9.58 Å². The van der Waals surface area contributed by atoms with Gasteiger partial charge in [-0.15, -0.1) is 0 Å². The van der Waals surface area contributed by atoms with Crippen LogP contribution in [0.4, 0.5) is 0 Å². The lowest BCUT2D eigenvalue weighted by atomic mass is 9.96. The quantitative estimate of drug-likeness (QED) is 0.575. The van der Waals surface area contributed by atoms with Gasteiger partial charge < -0.3 is 5.84 Å². The second kappa shape index (κ2) is 6.50. The summed E-state index contributed by atoms with van der Waals surface area (Å²) >= 11 is 1.54. The molecule has 0 fully saturated rings. The van der Waals surface area contributed by atoms with Crippen LogP contribution in [0, 0.1) is 0 Å². The van der Waals surface area contributed by atoms with Crippen molar-refractivity contribution in [2.24, 2.45) is 0 Å². The Hall–Kier alpha value is -2.37. The molecule has 25 heavy (non-hydrogen) atoms. The van der Waals surface area contributed by atoms with E-state index < -0.39 is 0 Å². The van der Waals surface area contributed by atoms with Gasteiger partial charge in [-0.25, -0.2) is 0 Å². The number of rotatable bonds is 4. The smallest absolute Gasteiger partial charge is 0.193 e. The lowest BCUT2D eigenvalue weighted by Crippen LogP contribution is -2.27. The third-order valence-corrected chi connectivity index (χ3v) is 5.65. The first-order chi connectivity index (χ1) is 12.2. The fraction of sp³-hybridized carbons (Fsp3) is 0.250. The van der Waals surface area contributed by atoms with Crippen LogP contribution >= 0.6 is 11.3 Å². The molecular formula is C20H21N3OS. The van der Waals surface area contributed by atoms with Crippen LogP contribution < -0.4 is 5.84 Å². The van der Waals surface area contributed by atoms with Crippen molar-refractivity contribution in [1.29, 1.82) is 0 Å². The molecule has 0 saturated heterocycles. The molecule has 1 aliphatic rings. The minimum absolute atomic E-state index is 0.0636. The Bertz CT molecular complexity index is 953. The van der Waals surface area contributed by atoms with Gasteiger partial charge in [0.25, 0.3) is 0 Å². The van der Waals surface area contributed by atoms with Crippen molar-refractivity contribution in [3.63, 3.8) is 0 Å². The molecule has 0 saturated carbocycles. The van der Waals surface area contributed by atoms with Crippen molar-refractivity contribution >= 4 is 33.6 Å². The van der Waals surface area contributed by atoms with Gasteiger partial charge >= 0.3 is 0 Å². The minimum atomic E-state index is 0.0636. The average molecular weight is 351 g/mol. The van der Waals surface area contributed by atoms with Crippen LogP contribution in [0.3, 0.4) is 0 Å². The van der Waals surface area contributed by atoms with Crippen molar-refractivity contribution in [2.75, 3.05) is 25.5 Å². The normalized spacial score (nSPS) is 15.5. The van der Waals surface area contributed by atoms with E-state index in [0.29, 0.717) is 5.56 Å². The number of nitrogens with two attached hydrogens (primary N) is 1. The van der Waals surface area contributed by atoms with E-state index in [2.05, 4.69) is 17.9 Å². The van der Waals surface area contributed by atoms with E-state index in [1.54, 1.807) is 4.68 Å². The molecule has 0 spiro atoms. The molecule has 0 radical (unpaired) electrons. The Morgan fingerprint density at radius 3 is 2.84 bits per heavy atom. The van der Waals surface area contributed by atoms with Gasteiger partial charge in [-0.3, -0.25) is 14.4 Å². The van der Waals surface area contributed by atoms with E-state index in [0.717, 1.165) is 48.1 Å². The second-order valence-corrected chi connectivity index (χ2v) is 7.18. The summed E-state index contributed by atoms with van der Waals surface area (Å²) < 4.78 is 1.66. The molecule has 3 aromatic rings. The lowest BCUT2D eigenvalue weighted by molar-refractivity contribution is 0.103. The average Bonchev–Trinajstić information content (AvgIpc) is 3.29. The number of fused-ring (bicyclic) bond motifs is 1. The summed E-state index contributed by atoms with van der Waals surface area (Å²) in [6.45, 7) is 5.29. The molecule has 2 N–H and O–H groups in total. The molecule has 0 aliphatic carbocycles. The highest BCUT2D eigenvalue weighted by molar-refractivity contribution is 7.08. The standard InChI is InChI=1S/C20H21N3OS/c1-2-22-8-5-14(6-9-22)18-12-23(21)19-4-3-15(11-17(18)19)20(24)16-7-10-25-13-16/h3-5,7,10-13H,2,6,8-9,21H2,1H3. The van der Waals surface area contributed by atoms with Crippen LogP contribution in [0.25, 0.3) is 16.5 Å². The number of hydrogen-bond acceptors (Lipinski definition) is 4. The fourth-order valence-electron chi connectivity index (χ4n) is 3.46. The molecule has 0 amide bonds. The van der Waals surface area contributed by atoms with Crippen LogP contribution in [0.2, 0.25) is 0 Å². The van der Waals surface area contributed by atoms with Gasteiger partial charge in [0.1, 0.15) is 0 Å². The van der Waals surface area contributed by atoms with Gasteiger partial charge in [0.2, 0.25) is 0 Å². The number of thiophene rings is 1. The molecular weight excluding hydrogens is 330 g/mol. The summed E-state index contributed by atoms with van der Waals surface area (Å²) in [5.41, 5.74) is 4.88. The topological polar surface area (TPSA) is 51.3 Å². The molecule has 3 heterocycles. The maximum atomic E-state index is 12.7. The van der Waals surface area contributed by atoms with Crippen LogP contribution in [0.1, 0.15) is 34.8 Å². The fourth-order valence-corrected chi connectivity index (χ4v) is 4.09. The highest BCUT2D eigenvalue weighted by atomic mass is 32.1. The van der Waals surface area contributed by atoms with E-state index in [9.17, 15) is 4.79 Å². The van der Waals surface area contributed by atoms with Gasteiger partial charge in [0, 0.05) is 46.7 Å². The maximum absolute atomic E-state index is 12.7. The van der Waals surface area contributed by atoms with Crippen LogP contribution in [0.15, 0.2) is 47.3 Å². The summed E-state index contributed by atoms with van der Waals surface area (Å²) in [5.74, 6) is 6.22. The Balaban J connectivity index is 1.77. The number of carbonyl (C=O) groups is 1. The lowest BCUT2D eigenvalue weighted by Gasteiger charge is -2.24. The molecule has 0 bridgehead atoms. The van der Waals surface area contributed by atoms with Crippen LogP contribution in [-0.4, -0.2) is 35.0 Å². The van der Waals surface area contributed by atoms with Gasteiger partial charge in [-0.1, -0.05) is 13.0 Å². The Morgan fingerprint density at radius 2 is 2.16 bits per heavy atom. The molecule has 5 heteroatoms. The number of nitrogen functional groups attached to an aromatic ring is 1. The molecule has 0 atom stereocenters. The van der Waals surface area contributed by atoms with Crippen molar-refractivity contribution in [3.8, 4) is 0 Å². The first-order valence-electron chi connectivity index (χ1n) is 8.56. The third-order valence-electron chi connectivity index (χ3n) is 4.97. The number of aromatic nitrogens is 1. The first-order valence-corrected chi connectivity index (χ1v) is 9.50. The predicted molar refractivity (Wildman–Crippen MR) is 105 cm³/mol. The highest BCUT2D eigenvalue weighted by Gasteiger charge is 2.18. The Labute approximate surface area is 151 Å². The SMILES string of the molecule is CCN1CC=C(c2cn(N)c3ccc(C(=O)c4ccsc4)cc23)CC1. The molecule has 4 rings (SSSR count). The van der Waals surface area contributed by atoms with Gasteiger partial charge in [0.05, 0.1) is 5.52 Å². The molecule has 1 aliphatic heterocycles. The first kappa shape index (κ1) is 16.1. The number of nitrogens with zero attached hydrogens (tertiary/aromatic N) is 2. The van der Waals surface area contributed by atoms with Crippen molar-refractivity contribution in [2.45, 2.75) is 13.3 Å². The summed E-state index contributed by atoms with van der Waals surface area (Å²) in [7, 11) is 0. The number of ketones is 1. The zero-order valence-electron chi connectivity index (χ0n) is 14.2. The zero-order valence-corrected chi connectivity index (χ0v) is 15.1. The van der Waals surface area contributed by atoms with Gasteiger partial charge in [0.15, 0.2) is 5.78 Å². The van der Waals surface area contributed by atoms with E-state index in [-0.39, 0.29) is 5.78 Å². The predicted octanol–water partition coefficient (Wildman–Crippen LogP) is 3.76. The monoisotopic (exact) mass is 351 g/mol. The number of hydrogen-bond donors (Lipinski definition) is 1. The summed E-state index contributed by atoms with van der Waals surface area (Å²) in [5, 5.41) is 4.88. The summed E-state index contributed by atoms with van der Waals surface area (Å²) in [6, 6.07) is 7.67. The van der Waals surface area contributed by atoms with Gasteiger partial charge in [-0.2, -0.15) is 11.3 Å². The molecule has 1 aromatic carbocycles. The number of benzene rings is 1. The summed E-state index contributed by atoms with van der Waals surface area (Å²) in [6.07, 6.45) is 5.28. The largest absolute Gasteiger partial charge is 0.339 e. The van der Waals surface area contributed by atoms with E-state index in [4.69, 9.17) is 5.84 Å². The van der Waals surface area contributed by atoms with Gasteiger partial charge in [-0.05, 0) is 48.2 Å². The van der Waals surface area contributed by atoms with E-state index in [1.807, 2.05) is 41.2 Å². The van der Waals surface area contributed by atoms with E-state index in [1.165, 1.54) is 16.9 Å². The molecule has 2 aromatic heterocycles. The molecule has 4 nitrogen and oxygen atoms in total. The minimum Gasteiger partial charge on any atom is -0.339 e. The second-order valence-electron chi connectivity index (χ2n) is 6.40. The summed E-state index contributed by atoms with van der Waals surface area (Å²) in [4.78, 5) is 15.1. The van der Waals surface area contributed by atoms with Crippen molar-refractivity contribution in [3.05, 3.63) is 64.0 Å². The van der Waals surface area contributed by atoms with Crippen molar-refractivity contribution < 1.29 is 4.79 Å². The molecule has 0 unspecified atom stereocenters. The van der Waals surface area contributed by atoms with Crippen LogP contribution in [-0.2, 0) is 0 Å².